The minimum absolute atomic E-state index is 0.166. The molecular weight excluding hydrogens is 212 g/mol. The van der Waals surface area contributed by atoms with Gasteiger partial charge in [0.25, 0.3) is 0 Å². The summed E-state index contributed by atoms with van der Waals surface area (Å²) in [6.07, 6.45) is 7.22. The predicted molar refractivity (Wildman–Crippen MR) is 70.0 cm³/mol. The largest absolute Gasteiger partial charge is 0.341 e. The van der Waals surface area contributed by atoms with Crippen LogP contribution in [0.2, 0.25) is 0 Å². The minimum Gasteiger partial charge on any atom is -0.341 e. The van der Waals surface area contributed by atoms with Crippen LogP contribution in [0, 0.1) is 5.92 Å². The third kappa shape index (κ3) is 3.40. The molecule has 4 heteroatoms. The average molecular weight is 234 g/mol. The van der Waals surface area contributed by atoms with Crippen LogP contribution < -0.4 is 10.6 Å². The van der Waals surface area contributed by atoms with Crippen LogP contribution in [0.15, 0.2) is 12.4 Å². The molecule has 1 aliphatic heterocycles. The van der Waals surface area contributed by atoms with Gasteiger partial charge in [-0.25, -0.2) is 9.97 Å². The molecule has 2 N–H and O–H groups in total. The standard InChI is InChI=1S/C13H22N4/c1-10-4-3-5-17(9-10)13-15-7-12(8-16-13)6-11(2)14/h7-8,10-11H,3-6,9,14H2,1-2H3. The fourth-order valence-electron chi connectivity index (χ4n) is 2.36. The number of hydrogen-bond acceptors (Lipinski definition) is 4. The van der Waals surface area contributed by atoms with Crippen molar-refractivity contribution in [2.45, 2.75) is 39.2 Å². The van der Waals surface area contributed by atoms with Gasteiger partial charge in [0.1, 0.15) is 0 Å². The van der Waals surface area contributed by atoms with Crippen molar-refractivity contribution < 1.29 is 0 Å². The third-order valence-electron chi connectivity index (χ3n) is 3.19. The maximum absolute atomic E-state index is 5.76. The molecule has 2 atom stereocenters. The second kappa shape index (κ2) is 5.45. The van der Waals surface area contributed by atoms with E-state index in [4.69, 9.17) is 5.73 Å². The molecule has 1 fully saturated rings. The molecule has 2 unspecified atom stereocenters. The first-order chi connectivity index (χ1) is 8.15. The molecule has 1 aromatic heterocycles. The topological polar surface area (TPSA) is 55.0 Å². The molecule has 2 rings (SSSR count). The summed E-state index contributed by atoms with van der Waals surface area (Å²) in [5.74, 6) is 1.61. The molecule has 0 spiro atoms. The highest BCUT2D eigenvalue weighted by Gasteiger charge is 2.18. The number of hydrogen-bond donors (Lipinski definition) is 1. The normalized spacial score (nSPS) is 22.5. The lowest BCUT2D eigenvalue weighted by Crippen LogP contribution is -2.35. The molecular formula is C13H22N4. The predicted octanol–water partition coefficient (Wildman–Crippen LogP) is 1.60. The summed E-state index contributed by atoms with van der Waals surface area (Å²) >= 11 is 0. The van der Waals surface area contributed by atoms with E-state index in [0.717, 1.165) is 36.9 Å². The molecule has 0 bridgehead atoms. The van der Waals surface area contributed by atoms with E-state index in [0.29, 0.717) is 0 Å². The van der Waals surface area contributed by atoms with E-state index in [2.05, 4.69) is 21.8 Å². The highest BCUT2D eigenvalue weighted by molar-refractivity contribution is 5.30. The van der Waals surface area contributed by atoms with Gasteiger partial charge >= 0.3 is 0 Å². The Balaban J connectivity index is 2.01. The molecule has 4 nitrogen and oxygen atoms in total. The maximum Gasteiger partial charge on any atom is 0.225 e. The highest BCUT2D eigenvalue weighted by atomic mass is 15.2. The van der Waals surface area contributed by atoms with Crippen molar-refractivity contribution in [3.05, 3.63) is 18.0 Å². The Morgan fingerprint density at radius 3 is 2.76 bits per heavy atom. The van der Waals surface area contributed by atoms with Crippen molar-refractivity contribution in [3.8, 4) is 0 Å². The van der Waals surface area contributed by atoms with Crippen LogP contribution in [-0.4, -0.2) is 29.1 Å². The van der Waals surface area contributed by atoms with Gasteiger partial charge in [0.05, 0.1) is 0 Å². The van der Waals surface area contributed by atoms with E-state index >= 15 is 0 Å². The summed E-state index contributed by atoms with van der Waals surface area (Å²) < 4.78 is 0. The zero-order valence-corrected chi connectivity index (χ0v) is 10.8. The van der Waals surface area contributed by atoms with Gasteiger partial charge in [0.15, 0.2) is 0 Å². The lowest BCUT2D eigenvalue weighted by Gasteiger charge is -2.30. The van der Waals surface area contributed by atoms with Crippen LogP contribution >= 0.6 is 0 Å². The van der Waals surface area contributed by atoms with Gasteiger partial charge < -0.3 is 10.6 Å². The number of nitrogens with zero attached hydrogens (tertiary/aromatic N) is 3. The number of piperidine rings is 1. The van der Waals surface area contributed by atoms with Crippen LogP contribution in [-0.2, 0) is 6.42 Å². The van der Waals surface area contributed by atoms with Crippen LogP contribution in [0.5, 0.6) is 0 Å². The lowest BCUT2D eigenvalue weighted by atomic mass is 10.0. The van der Waals surface area contributed by atoms with Crippen molar-refractivity contribution in [2.75, 3.05) is 18.0 Å². The quantitative estimate of drug-likeness (QED) is 0.863. The number of anilines is 1. The summed E-state index contributed by atoms with van der Waals surface area (Å²) in [5, 5.41) is 0. The number of nitrogens with two attached hydrogens (primary N) is 1. The second-order valence-electron chi connectivity index (χ2n) is 5.27. The first kappa shape index (κ1) is 12.3. The lowest BCUT2D eigenvalue weighted by molar-refractivity contribution is 0.442. The second-order valence-corrected chi connectivity index (χ2v) is 5.27. The van der Waals surface area contributed by atoms with E-state index in [1.807, 2.05) is 19.3 Å². The van der Waals surface area contributed by atoms with Gasteiger partial charge in [-0.05, 0) is 37.7 Å². The van der Waals surface area contributed by atoms with Gasteiger partial charge in [0, 0.05) is 31.5 Å². The van der Waals surface area contributed by atoms with Crippen LogP contribution in [0.25, 0.3) is 0 Å². The summed E-state index contributed by atoms with van der Waals surface area (Å²) in [6.45, 7) is 6.44. The number of aromatic nitrogens is 2. The monoisotopic (exact) mass is 234 g/mol. The van der Waals surface area contributed by atoms with Gasteiger partial charge in [-0.3, -0.25) is 0 Å². The summed E-state index contributed by atoms with van der Waals surface area (Å²) in [6, 6.07) is 0.166. The molecule has 0 amide bonds. The molecule has 94 valence electrons. The number of rotatable bonds is 3. The van der Waals surface area contributed by atoms with Gasteiger partial charge in [-0.2, -0.15) is 0 Å². The average Bonchev–Trinajstić information content (AvgIpc) is 2.29. The Hall–Kier alpha value is -1.16. The fraction of sp³-hybridized carbons (Fsp3) is 0.692. The highest BCUT2D eigenvalue weighted by Crippen LogP contribution is 2.19. The molecule has 2 heterocycles. The summed E-state index contributed by atoms with van der Waals surface area (Å²) in [5.41, 5.74) is 6.88. The SMILES string of the molecule is CC(N)Cc1cnc(N2CCCC(C)C2)nc1. The Bertz CT molecular complexity index is 347. The zero-order chi connectivity index (χ0) is 12.3. The molecule has 17 heavy (non-hydrogen) atoms. The van der Waals surface area contributed by atoms with Crippen molar-refractivity contribution in [1.82, 2.24) is 9.97 Å². The van der Waals surface area contributed by atoms with E-state index in [1.54, 1.807) is 0 Å². The van der Waals surface area contributed by atoms with Crippen molar-refractivity contribution >= 4 is 5.95 Å². The molecule has 1 aromatic rings. The Morgan fingerprint density at radius 2 is 2.18 bits per heavy atom. The molecule has 0 aliphatic carbocycles. The molecule has 1 saturated heterocycles. The first-order valence-corrected chi connectivity index (χ1v) is 6.46. The Kier molecular flexibility index (Phi) is 3.94. The van der Waals surface area contributed by atoms with Gasteiger partial charge in [-0.1, -0.05) is 6.92 Å². The van der Waals surface area contributed by atoms with E-state index < -0.39 is 0 Å². The third-order valence-corrected chi connectivity index (χ3v) is 3.19. The summed E-state index contributed by atoms with van der Waals surface area (Å²) in [4.78, 5) is 11.2. The van der Waals surface area contributed by atoms with Crippen LogP contribution in [0.3, 0.4) is 0 Å². The van der Waals surface area contributed by atoms with E-state index in [-0.39, 0.29) is 6.04 Å². The Labute approximate surface area is 103 Å². The Morgan fingerprint density at radius 1 is 1.47 bits per heavy atom. The molecule has 0 radical (unpaired) electrons. The maximum atomic E-state index is 5.76. The van der Waals surface area contributed by atoms with Crippen LogP contribution in [0.1, 0.15) is 32.3 Å². The van der Waals surface area contributed by atoms with Crippen molar-refractivity contribution in [3.63, 3.8) is 0 Å². The van der Waals surface area contributed by atoms with Crippen molar-refractivity contribution in [1.29, 1.82) is 0 Å². The molecule has 0 saturated carbocycles. The van der Waals surface area contributed by atoms with E-state index in [1.165, 1.54) is 12.8 Å². The van der Waals surface area contributed by atoms with Crippen LogP contribution in [0.4, 0.5) is 5.95 Å². The zero-order valence-electron chi connectivity index (χ0n) is 10.8. The fourth-order valence-corrected chi connectivity index (χ4v) is 2.36. The van der Waals surface area contributed by atoms with E-state index in [9.17, 15) is 0 Å². The van der Waals surface area contributed by atoms with Crippen molar-refractivity contribution in [2.24, 2.45) is 11.7 Å². The van der Waals surface area contributed by atoms with Gasteiger partial charge in [0.2, 0.25) is 5.95 Å². The first-order valence-electron chi connectivity index (χ1n) is 6.46. The smallest absolute Gasteiger partial charge is 0.225 e. The minimum atomic E-state index is 0.166. The summed E-state index contributed by atoms with van der Waals surface area (Å²) in [7, 11) is 0. The molecule has 0 aromatic carbocycles. The van der Waals surface area contributed by atoms with Gasteiger partial charge in [-0.15, -0.1) is 0 Å². The molecule has 1 aliphatic rings.